The fourth-order valence-electron chi connectivity index (χ4n) is 8.07. The first kappa shape index (κ1) is 56.6. The molecule has 342 valence electrons. The molecule has 0 saturated carbocycles. The standard InChI is InChI=1S/C54H103NO3/c1-3-5-7-9-11-13-15-17-19-21-22-23-24-25-26-27-28-29-30-31-32-34-36-38-40-42-44-46-48-50-54(58)55-52(51-56)53(57)49-47-45-43-41-39-37-35-33-20-18-16-14-12-10-8-6-4-2/h21-22,39,41,47,49,52-53,56-57H,3-20,23-38,40,42-46,48,50-51H2,1-2H3,(H,55,58)/b22-21-,41-39+,49-47+. The molecule has 0 aromatic rings. The van der Waals surface area contributed by atoms with Gasteiger partial charge in [-0.1, -0.05) is 256 Å². The van der Waals surface area contributed by atoms with Gasteiger partial charge in [-0.05, 0) is 57.8 Å². The Labute approximate surface area is 363 Å². The Morgan fingerprint density at radius 2 is 0.672 bits per heavy atom. The first-order valence-corrected chi connectivity index (χ1v) is 26.2. The highest BCUT2D eigenvalue weighted by atomic mass is 16.3. The summed E-state index contributed by atoms with van der Waals surface area (Å²) in [5.41, 5.74) is 0. The van der Waals surface area contributed by atoms with E-state index < -0.39 is 12.1 Å². The van der Waals surface area contributed by atoms with E-state index in [2.05, 4.69) is 43.5 Å². The van der Waals surface area contributed by atoms with Gasteiger partial charge >= 0.3 is 0 Å². The first-order valence-electron chi connectivity index (χ1n) is 26.2. The predicted octanol–water partition coefficient (Wildman–Crippen LogP) is 16.9. The van der Waals surface area contributed by atoms with Crippen molar-refractivity contribution in [1.82, 2.24) is 5.32 Å². The number of rotatable bonds is 48. The highest BCUT2D eigenvalue weighted by Crippen LogP contribution is 2.16. The lowest BCUT2D eigenvalue weighted by molar-refractivity contribution is -0.123. The fourth-order valence-corrected chi connectivity index (χ4v) is 8.07. The Kier molecular flexibility index (Phi) is 48.8. The molecule has 0 fully saturated rings. The van der Waals surface area contributed by atoms with Crippen LogP contribution in [0.5, 0.6) is 0 Å². The van der Waals surface area contributed by atoms with Crippen molar-refractivity contribution < 1.29 is 15.0 Å². The molecule has 58 heavy (non-hydrogen) atoms. The fraction of sp³-hybridized carbons (Fsp3) is 0.870. The number of hydrogen-bond acceptors (Lipinski definition) is 3. The molecule has 0 aromatic carbocycles. The third-order valence-corrected chi connectivity index (χ3v) is 12.1. The van der Waals surface area contributed by atoms with Gasteiger partial charge in [-0.25, -0.2) is 0 Å². The van der Waals surface area contributed by atoms with Gasteiger partial charge in [-0.15, -0.1) is 0 Å². The van der Waals surface area contributed by atoms with Crippen molar-refractivity contribution in [2.24, 2.45) is 0 Å². The second-order valence-corrected chi connectivity index (χ2v) is 17.9. The molecule has 0 aromatic heterocycles. The maximum absolute atomic E-state index is 12.4. The SMILES string of the molecule is CCCCCCCCCC/C=C\CCCCCCCCCCCCCCCCCCCC(=O)NC(CO)C(O)/C=C/CC/C=C/CCCCCCCCCCCCC. The highest BCUT2D eigenvalue weighted by Gasteiger charge is 2.17. The molecule has 3 N–H and O–H groups in total. The first-order chi connectivity index (χ1) is 28.7. The van der Waals surface area contributed by atoms with Crippen LogP contribution >= 0.6 is 0 Å². The van der Waals surface area contributed by atoms with Crippen molar-refractivity contribution in [2.75, 3.05) is 6.61 Å². The number of hydrogen-bond donors (Lipinski definition) is 3. The average molecular weight is 814 g/mol. The molecule has 2 atom stereocenters. The zero-order valence-corrected chi connectivity index (χ0v) is 39.3. The van der Waals surface area contributed by atoms with Crippen LogP contribution < -0.4 is 5.32 Å². The van der Waals surface area contributed by atoms with Gasteiger partial charge in [0, 0.05) is 6.42 Å². The molecule has 4 nitrogen and oxygen atoms in total. The van der Waals surface area contributed by atoms with Gasteiger partial charge in [0.05, 0.1) is 18.8 Å². The maximum Gasteiger partial charge on any atom is 0.220 e. The van der Waals surface area contributed by atoms with Crippen LogP contribution in [0.3, 0.4) is 0 Å². The van der Waals surface area contributed by atoms with Crippen LogP contribution in [0.15, 0.2) is 36.5 Å². The molecular formula is C54H103NO3. The number of nitrogens with one attached hydrogen (secondary N) is 1. The van der Waals surface area contributed by atoms with Crippen LogP contribution in [0.4, 0.5) is 0 Å². The summed E-state index contributed by atoms with van der Waals surface area (Å²) in [6.45, 7) is 4.32. The molecule has 0 radical (unpaired) electrons. The average Bonchev–Trinajstić information content (AvgIpc) is 3.23. The summed E-state index contributed by atoms with van der Waals surface area (Å²) in [5, 5.41) is 23.1. The summed E-state index contributed by atoms with van der Waals surface area (Å²) in [6.07, 6.45) is 67.2. The number of amides is 1. The van der Waals surface area contributed by atoms with Crippen LogP contribution in [0.2, 0.25) is 0 Å². The van der Waals surface area contributed by atoms with E-state index in [0.717, 1.165) is 32.1 Å². The predicted molar refractivity (Wildman–Crippen MR) is 258 cm³/mol. The lowest BCUT2D eigenvalue weighted by Gasteiger charge is -2.19. The highest BCUT2D eigenvalue weighted by molar-refractivity contribution is 5.76. The molecule has 0 heterocycles. The van der Waals surface area contributed by atoms with Crippen LogP contribution in [-0.4, -0.2) is 34.9 Å². The van der Waals surface area contributed by atoms with E-state index in [1.165, 1.54) is 231 Å². The molecule has 1 amide bonds. The van der Waals surface area contributed by atoms with Gasteiger partial charge in [0.1, 0.15) is 0 Å². The van der Waals surface area contributed by atoms with Crippen molar-refractivity contribution in [1.29, 1.82) is 0 Å². The summed E-state index contributed by atoms with van der Waals surface area (Å²) in [5.74, 6) is -0.0699. The lowest BCUT2D eigenvalue weighted by Crippen LogP contribution is -2.45. The second-order valence-electron chi connectivity index (χ2n) is 17.9. The number of unbranched alkanes of at least 4 members (excludes halogenated alkanes) is 37. The normalized spacial score (nSPS) is 13.1. The van der Waals surface area contributed by atoms with Crippen molar-refractivity contribution in [3.63, 3.8) is 0 Å². The molecule has 4 heteroatoms. The minimum Gasteiger partial charge on any atom is -0.394 e. The van der Waals surface area contributed by atoms with Crippen LogP contribution in [0.1, 0.15) is 284 Å². The van der Waals surface area contributed by atoms with E-state index in [0.29, 0.717) is 6.42 Å². The summed E-state index contributed by atoms with van der Waals surface area (Å²) in [4.78, 5) is 12.4. The topological polar surface area (TPSA) is 69.6 Å². The quantitative estimate of drug-likeness (QED) is 0.0423. The molecule has 0 aliphatic carbocycles. The van der Waals surface area contributed by atoms with Gasteiger partial charge < -0.3 is 15.5 Å². The van der Waals surface area contributed by atoms with E-state index in [9.17, 15) is 15.0 Å². The molecule has 0 saturated heterocycles. The molecule has 0 spiro atoms. The third kappa shape index (κ3) is 45.7. The zero-order chi connectivity index (χ0) is 42.1. The summed E-state index contributed by atoms with van der Waals surface area (Å²) in [6, 6.07) is -0.637. The number of aliphatic hydroxyl groups excluding tert-OH is 2. The van der Waals surface area contributed by atoms with E-state index in [1.807, 2.05) is 6.08 Å². The van der Waals surface area contributed by atoms with E-state index in [4.69, 9.17) is 0 Å². The van der Waals surface area contributed by atoms with E-state index in [1.54, 1.807) is 6.08 Å². The molecule has 0 aliphatic heterocycles. The number of aliphatic hydroxyl groups is 2. The Morgan fingerprint density at radius 1 is 0.397 bits per heavy atom. The Balaban J connectivity index is 3.49. The number of allylic oxidation sites excluding steroid dienone is 5. The zero-order valence-electron chi connectivity index (χ0n) is 39.3. The number of carbonyl (C=O) groups is 1. The van der Waals surface area contributed by atoms with E-state index >= 15 is 0 Å². The summed E-state index contributed by atoms with van der Waals surface area (Å²) < 4.78 is 0. The smallest absolute Gasteiger partial charge is 0.220 e. The maximum atomic E-state index is 12.4. The Morgan fingerprint density at radius 3 is 1.00 bits per heavy atom. The van der Waals surface area contributed by atoms with Gasteiger partial charge in [-0.3, -0.25) is 4.79 Å². The van der Waals surface area contributed by atoms with Crippen LogP contribution in [-0.2, 0) is 4.79 Å². The monoisotopic (exact) mass is 814 g/mol. The third-order valence-electron chi connectivity index (χ3n) is 12.1. The molecule has 0 bridgehead atoms. The van der Waals surface area contributed by atoms with Crippen LogP contribution in [0, 0.1) is 0 Å². The molecule has 0 rings (SSSR count). The number of carbonyl (C=O) groups excluding carboxylic acids is 1. The van der Waals surface area contributed by atoms with E-state index in [-0.39, 0.29) is 12.5 Å². The molecule has 0 aliphatic rings. The van der Waals surface area contributed by atoms with Crippen LogP contribution in [0.25, 0.3) is 0 Å². The lowest BCUT2D eigenvalue weighted by atomic mass is 10.0. The van der Waals surface area contributed by atoms with Crippen molar-refractivity contribution in [3.8, 4) is 0 Å². The summed E-state index contributed by atoms with van der Waals surface area (Å²) in [7, 11) is 0. The molecular weight excluding hydrogens is 711 g/mol. The van der Waals surface area contributed by atoms with Gasteiger partial charge in [0.25, 0.3) is 0 Å². The Hall–Kier alpha value is -1.39. The second kappa shape index (κ2) is 50.0. The van der Waals surface area contributed by atoms with Crippen molar-refractivity contribution in [2.45, 2.75) is 296 Å². The minimum absolute atomic E-state index is 0.0699. The van der Waals surface area contributed by atoms with Crippen molar-refractivity contribution >= 4 is 5.91 Å². The Bertz CT molecular complexity index is 882. The van der Waals surface area contributed by atoms with Gasteiger partial charge in [-0.2, -0.15) is 0 Å². The minimum atomic E-state index is -0.860. The molecule has 2 unspecified atom stereocenters. The van der Waals surface area contributed by atoms with Crippen molar-refractivity contribution in [3.05, 3.63) is 36.5 Å². The van der Waals surface area contributed by atoms with Gasteiger partial charge in [0.2, 0.25) is 5.91 Å². The van der Waals surface area contributed by atoms with Gasteiger partial charge in [0.15, 0.2) is 0 Å². The largest absolute Gasteiger partial charge is 0.394 e. The summed E-state index contributed by atoms with van der Waals surface area (Å²) >= 11 is 0.